The van der Waals surface area contributed by atoms with E-state index in [1.54, 1.807) is 0 Å². The van der Waals surface area contributed by atoms with Crippen molar-refractivity contribution in [1.29, 1.82) is 0 Å². The molecule has 16 heavy (non-hydrogen) atoms. The van der Waals surface area contributed by atoms with Crippen molar-refractivity contribution >= 4 is 15.9 Å². The molecule has 0 unspecified atom stereocenters. The Hall–Kier alpha value is -1.09. The number of benzene rings is 1. The second-order valence-electron chi connectivity index (χ2n) is 4.16. The predicted molar refractivity (Wildman–Crippen MR) is 70.5 cm³/mol. The van der Waals surface area contributed by atoms with Crippen LogP contribution in [0.15, 0.2) is 34.9 Å². The molecule has 1 aromatic carbocycles. The van der Waals surface area contributed by atoms with E-state index in [4.69, 9.17) is 0 Å². The number of aromatic nitrogens is 2. The lowest BCUT2D eigenvalue weighted by Gasteiger charge is -2.09. The average Bonchev–Trinajstić information content (AvgIpc) is 2.61. The SMILES string of the molecule is Cc1c(-c2ccccc2Br)cnn1C(C)C. The molecule has 2 aromatic rings. The molecule has 84 valence electrons. The van der Waals surface area contributed by atoms with Gasteiger partial charge in [-0.15, -0.1) is 0 Å². The first-order valence-corrected chi connectivity index (χ1v) is 6.19. The van der Waals surface area contributed by atoms with Crippen molar-refractivity contribution in [3.63, 3.8) is 0 Å². The van der Waals surface area contributed by atoms with E-state index in [1.165, 1.54) is 16.8 Å². The molecule has 0 N–H and O–H groups in total. The summed E-state index contributed by atoms with van der Waals surface area (Å²) in [6, 6.07) is 8.64. The molecule has 2 rings (SSSR count). The highest BCUT2D eigenvalue weighted by Crippen LogP contribution is 2.30. The zero-order valence-corrected chi connectivity index (χ0v) is 11.3. The fraction of sp³-hybridized carbons (Fsp3) is 0.308. The maximum atomic E-state index is 4.43. The molecule has 0 saturated carbocycles. The van der Waals surface area contributed by atoms with E-state index in [-0.39, 0.29) is 0 Å². The van der Waals surface area contributed by atoms with Crippen LogP contribution in [0.5, 0.6) is 0 Å². The first-order valence-electron chi connectivity index (χ1n) is 5.40. The molecule has 0 bridgehead atoms. The van der Waals surface area contributed by atoms with Gasteiger partial charge in [0.25, 0.3) is 0 Å². The lowest BCUT2D eigenvalue weighted by molar-refractivity contribution is 0.519. The topological polar surface area (TPSA) is 17.8 Å². The van der Waals surface area contributed by atoms with E-state index in [1.807, 2.05) is 18.3 Å². The van der Waals surface area contributed by atoms with Crippen LogP contribution in [0.1, 0.15) is 25.6 Å². The quantitative estimate of drug-likeness (QED) is 0.805. The maximum Gasteiger partial charge on any atom is 0.0571 e. The normalized spacial score (nSPS) is 11.1. The van der Waals surface area contributed by atoms with E-state index >= 15 is 0 Å². The molecule has 0 spiro atoms. The molecular weight excluding hydrogens is 264 g/mol. The third-order valence-corrected chi connectivity index (χ3v) is 3.39. The Labute approximate surface area is 104 Å². The summed E-state index contributed by atoms with van der Waals surface area (Å²) in [6.07, 6.45) is 1.94. The van der Waals surface area contributed by atoms with Crippen LogP contribution in [0, 0.1) is 6.92 Å². The second kappa shape index (κ2) is 4.42. The molecule has 0 radical (unpaired) electrons. The van der Waals surface area contributed by atoms with Crippen molar-refractivity contribution in [3.8, 4) is 11.1 Å². The van der Waals surface area contributed by atoms with Crippen molar-refractivity contribution in [1.82, 2.24) is 9.78 Å². The van der Waals surface area contributed by atoms with Crippen molar-refractivity contribution in [2.24, 2.45) is 0 Å². The molecule has 0 aliphatic carbocycles. The molecule has 2 nitrogen and oxygen atoms in total. The predicted octanol–water partition coefficient (Wildman–Crippen LogP) is 4.20. The van der Waals surface area contributed by atoms with Gasteiger partial charge in [0.1, 0.15) is 0 Å². The molecule has 0 saturated heterocycles. The summed E-state index contributed by atoms with van der Waals surface area (Å²) in [7, 11) is 0. The lowest BCUT2D eigenvalue weighted by Crippen LogP contribution is -2.04. The van der Waals surface area contributed by atoms with Crippen LogP contribution in [0.2, 0.25) is 0 Å². The van der Waals surface area contributed by atoms with Gasteiger partial charge >= 0.3 is 0 Å². The number of hydrogen-bond donors (Lipinski definition) is 0. The van der Waals surface area contributed by atoms with Gasteiger partial charge in [-0.2, -0.15) is 5.10 Å². The summed E-state index contributed by atoms with van der Waals surface area (Å²) in [4.78, 5) is 0. The van der Waals surface area contributed by atoms with Gasteiger partial charge < -0.3 is 0 Å². The smallest absolute Gasteiger partial charge is 0.0571 e. The number of halogens is 1. The summed E-state index contributed by atoms with van der Waals surface area (Å²) < 4.78 is 3.16. The number of nitrogens with zero attached hydrogens (tertiary/aromatic N) is 2. The third kappa shape index (κ3) is 1.92. The Balaban J connectivity index is 2.54. The highest BCUT2D eigenvalue weighted by Gasteiger charge is 2.12. The minimum Gasteiger partial charge on any atom is -0.267 e. The first-order chi connectivity index (χ1) is 7.61. The average molecular weight is 279 g/mol. The Morgan fingerprint density at radius 1 is 1.19 bits per heavy atom. The fourth-order valence-corrected chi connectivity index (χ4v) is 2.39. The molecule has 1 aromatic heterocycles. The number of hydrogen-bond acceptors (Lipinski definition) is 1. The Morgan fingerprint density at radius 3 is 2.44 bits per heavy atom. The van der Waals surface area contributed by atoms with Crippen LogP contribution in [-0.2, 0) is 0 Å². The lowest BCUT2D eigenvalue weighted by atomic mass is 10.1. The standard InChI is InChI=1S/C13H15BrN2/c1-9(2)16-10(3)12(8-15-16)11-6-4-5-7-13(11)14/h4-9H,1-3H3. The van der Waals surface area contributed by atoms with Crippen molar-refractivity contribution in [2.75, 3.05) is 0 Å². The van der Waals surface area contributed by atoms with Gasteiger partial charge in [-0.05, 0) is 32.4 Å². The second-order valence-corrected chi connectivity index (χ2v) is 5.02. The van der Waals surface area contributed by atoms with Crippen LogP contribution in [0.25, 0.3) is 11.1 Å². The first kappa shape index (κ1) is 11.4. The Morgan fingerprint density at radius 2 is 1.88 bits per heavy atom. The van der Waals surface area contributed by atoms with Gasteiger partial charge in [0, 0.05) is 21.8 Å². The Kier molecular flexibility index (Phi) is 3.15. The van der Waals surface area contributed by atoms with E-state index in [0.717, 1.165) is 4.47 Å². The highest BCUT2D eigenvalue weighted by atomic mass is 79.9. The molecule has 0 fully saturated rings. The van der Waals surface area contributed by atoms with Crippen LogP contribution in [-0.4, -0.2) is 9.78 Å². The zero-order valence-electron chi connectivity index (χ0n) is 9.74. The van der Waals surface area contributed by atoms with Gasteiger partial charge in [-0.1, -0.05) is 34.1 Å². The van der Waals surface area contributed by atoms with Crippen LogP contribution >= 0.6 is 15.9 Å². The molecular formula is C13H15BrN2. The minimum absolute atomic E-state index is 0.399. The molecule has 0 atom stereocenters. The summed E-state index contributed by atoms with van der Waals surface area (Å²) in [5, 5.41) is 4.43. The van der Waals surface area contributed by atoms with Gasteiger partial charge in [0.05, 0.1) is 6.20 Å². The van der Waals surface area contributed by atoms with E-state index in [9.17, 15) is 0 Å². The Bertz CT molecular complexity index is 500. The molecule has 0 amide bonds. The maximum absolute atomic E-state index is 4.43. The molecule has 0 aliphatic heterocycles. The van der Waals surface area contributed by atoms with Gasteiger partial charge in [0.2, 0.25) is 0 Å². The van der Waals surface area contributed by atoms with E-state index < -0.39 is 0 Å². The summed E-state index contributed by atoms with van der Waals surface area (Å²) in [5.74, 6) is 0. The van der Waals surface area contributed by atoms with Gasteiger partial charge in [-0.3, -0.25) is 4.68 Å². The molecule has 1 heterocycles. The van der Waals surface area contributed by atoms with Crippen LogP contribution < -0.4 is 0 Å². The van der Waals surface area contributed by atoms with Gasteiger partial charge in [-0.25, -0.2) is 0 Å². The zero-order chi connectivity index (χ0) is 11.7. The van der Waals surface area contributed by atoms with Crippen LogP contribution in [0.3, 0.4) is 0 Å². The summed E-state index contributed by atoms with van der Waals surface area (Å²) in [5.41, 5.74) is 3.61. The van der Waals surface area contributed by atoms with E-state index in [0.29, 0.717) is 6.04 Å². The minimum atomic E-state index is 0.399. The largest absolute Gasteiger partial charge is 0.267 e. The van der Waals surface area contributed by atoms with Crippen molar-refractivity contribution in [3.05, 3.63) is 40.6 Å². The highest BCUT2D eigenvalue weighted by molar-refractivity contribution is 9.10. The molecule has 0 aliphatic rings. The van der Waals surface area contributed by atoms with E-state index in [2.05, 4.69) is 58.6 Å². The van der Waals surface area contributed by atoms with Gasteiger partial charge in [0.15, 0.2) is 0 Å². The summed E-state index contributed by atoms with van der Waals surface area (Å²) >= 11 is 3.58. The van der Waals surface area contributed by atoms with Crippen LogP contribution in [0.4, 0.5) is 0 Å². The van der Waals surface area contributed by atoms with Crippen molar-refractivity contribution < 1.29 is 0 Å². The number of rotatable bonds is 2. The monoisotopic (exact) mass is 278 g/mol. The fourth-order valence-electron chi connectivity index (χ4n) is 1.89. The molecule has 3 heteroatoms. The van der Waals surface area contributed by atoms with Crippen molar-refractivity contribution in [2.45, 2.75) is 26.8 Å². The summed E-state index contributed by atoms with van der Waals surface area (Å²) in [6.45, 7) is 6.40. The third-order valence-electron chi connectivity index (χ3n) is 2.70.